The summed E-state index contributed by atoms with van der Waals surface area (Å²) in [6, 6.07) is 11.4. The summed E-state index contributed by atoms with van der Waals surface area (Å²) in [6.45, 7) is 0. The fraction of sp³-hybridized carbons (Fsp3) is 0.0714. The van der Waals surface area contributed by atoms with Crippen LogP contribution in [0.5, 0.6) is 5.75 Å². The number of fused-ring (bicyclic) bond motifs is 1. The van der Waals surface area contributed by atoms with Crippen LogP contribution in [0.15, 0.2) is 47.5 Å². The van der Waals surface area contributed by atoms with E-state index in [9.17, 15) is 9.50 Å². The van der Waals surface area contributed by atoms with Crippen molar-refractivity contribution >= 4 is 11.5 Å². The summed E-state index contributed by atoms with van der Waals surface area (Å²) in [6.07, 6.45) is -0.429. The van der Waals surface area contributed by atoms with Crippen LogP contribution in [0.1, 0.15) is 17.3 Å². The zero-order valence-electron chi connectivity index (χ0n) is 9.97. The first kappa shape index (κ1) is 11.5. The summed E-state index contributed by atoms with van der Waals surface area (Å²) in [4.78, 5) is 4.23. The average molecular weight is 257 g/mol. The predicted molar refractivity (Wildman–Crippen MR) is 71.6 cm³/mol. The zero-order valence-corrected chi connectivity index (χ0v) is 9.97. The number of aliphatic imine (C=N–C) groups is 1. The van der Waals surface area contributed by atoms with Crippen molar-refractivity contribution in [3.05, 3.63) is 59.4 Å². The minimum absolute atomic E-state index is 0.151. The number of phenolic OH excluding ortho intramolecular Hbond substituents is 1. The van der Waals surface area contributed by atoms with Crippen LogP contribution >= 0.6 is 0 Å². The quantitative estimate of drug-likeness (QED) is 0.734. The van der Waals surface area contributed by atoms with E-state index in [4.69, 9.17) is 5.73 Å². The van der Waals surface area contributed by atoms with E-state index in [1.54, 1.807) is 30.3 Å². The summed E-state index contributed by atoms with van der Waals surface area (Å²) in [5.41, 5.74) is 7.47. The van der Waals surface area contributed by atoms with Gasteiger partial charge in [0.15, 0.2) is 0 Å². The highest BCUT2D eigenvalue weighted by Crippen LogP contribution is 2.31. The molecule has 96 valence electrons. The van der Waals surface area contributed by atoms with Crippen molar-refractivity contribution in [2.24, 2.45) is 10.7 Å². The number of phenols is 1. The van der Waals surface area contributed by atoms with Gasteiger partial charge in [0.2, 0.25) is 0 Å². The molecule has 1 atom stereocenters. The number of benzene rings is 2. The molecule has 0 amide bonds. The van der Waals surface area contributed by atoms with Crippen LogP contribution < -0.4 is 11.1 Å². The SMILES string of the molecule is NC1=NC(c2cccc(O)c2)Nc2cccc(F)c21. The van der Waals surface area contributed by atoms with Gasteiger partial charge in [0, 0.05) is 11.3 Å². The fourth-order valence-electron chi connectivity index (χ4n) is 2.14. The molecule has 5 heteroatoms. The summed E-state index contributed by atoms with van der Waals surface area (Å²) >= 11 is 0. The predicted octanol–water partition coefficient (Wildman–Crippen LogP) is 2.36. The Kier molecular flexibility index (Phi) is 2.59. The molecule has 0 fully saturated rings. The van der Waals surface area contributed by atoms with Gasteiger partial charge in [-0.3, -0.25) is 0 Å². The van der Waals surface area contributed by atoms with Crippen molar-refractivity contribution in [3.63, 3.8) is 0 Å². The van der Waals surface area contributed by atoms with Crippen LogP contribution in [0, 0.1) is 5.82 Å². The number of amidine groups is 1. The number of nitrogens with one attached hydrogen (secondary N) is 1. The van der Waals surface area contributed by atoms with Crippen molar-refractivity contribution < 1.29 is 9.50 Å². The number of anilines is 1. The maximum atomic E-state index is 13.7. The third kappa shape index (κ3) is 1.99. The van der Waals surface area contributed by atoms with Crippen LogP contribution in [0.25, 0.3) is 0 Å². The Morgan fingerprint density at radius 3 is 2.79 bits per heavy atom. The van der Waals surface area contributed by atoms with E-state index >= 15 is 0 Å². The molecule has 2 aromatic carbocycles. The van der Waals surface area contributed by atoms with Gasteiger partial charge in [-0.25, -0.2) is 9.38 Å². The normalized spacial score (nSPS) is 17.3. The van der Waals surface area contributed by atoms with E-state index in [2.05, 4.69) is 10.3 Å². The Hall–Kier alpha value is -2.56. The number of rotatable bonds is 1. The Bertz CT molecular complexity index is 669. The second-order valence-electron chi connectivity index (χ2n) is 4.32. The first-order valence-corrected chi connectivity index (χ1v) is 5.83. The van der Waals surface area contributed by atoms with E-state index in [-0.39, 0.29) is 11.6 Å². The first-order chi connectivity index (χ1) is 9.15. The van der Waals surface area contributed by atoms with Gasteiger partial charge in [-0.05, 0) is 24.3 Å². The summed E-state index contributed by atoms with van der Waals surface area (Å²) < 4.78 is 13.7. The lowest BCUT2D eigenvalue weighted by molar-refractivity contribution is 0.474. The van der Waals surface area contributed by atoms with Crippen LogP contribution in [0.3, 0.4) is 0 Å². The molecule has 0 aromatic heterocycles. The maximum absolute atomic E-state index is 13.7. The number of aromatic hydroxyl groups is 1. The van der Waals surface area contributed by atoms with Crippen molar-refractivity contribution in [3.8, 4) is 5.75 Å². The Morgan fingerprint density at radius 1 is 1.21 bits per heavy atom. The molecule has 1 unspecified atom stereocenters. The lowest BCUT2D eigenvalue weighted by atomic mass is 10.1. The van der Waals surface area contributed by atoms with E-state index < -0.39 is 12.0 Å². The van der Waals surface area contributed by atoms with Crippen molar-refractivity contribution in [1.82, 2.24) is 0 Å². The smallest absolute Gasteiger partial charge is 0.147 e. The minimum Gasteiger partial charge on any atom is -0.508 e. The molecule has 0 saturated carbocycles. The molecule has 2 aromatic rings. The van der Waals surface area contributed by atoms with Crippen molar-refractivity contribution in [1.29, 1.82) is 0 Å². The molecule has 4 nitrogen and oxygen atoms in total. The Labute approximate surface area is 109 Å². The molecular weight excluding hydrogens is 245 g/mol. The van der Waals surface area contributed by atoms with Crippen molar-refractivity contribution in [2.45, 2.75) is 6.17 Å². The molecule has 0 radical (unpaired) electrons. The van der Waals surface area contributed by atoms with Crippen LogP contribution in [0.4, 0.5) is 10.1 Å². The van der Waals surface area contributed by atoms with Crippen molar-refractivity contribution in [2.75, 3.05) is 5.32 Å². The van der Waals surface area contributed by atoms with Gasteiger partial charge < -0.3 is 16.2 Å². The van der Waals surface area contributed by atoms with Gasteiger partial charge in [0.1, 0.15) is 23.6 Å². The van der Waals surface area contributed by atoms with Crippen LogP contribution in [-0.2, 0) is 0 Å². The third-order valence-electron chi connectivity index (χ3n) is 3.02. The van der Waals surface area contributed by atoms with Gasteiger partial charge in [-0.15, -0.1) is 0 Å². The van der Waals surface area contributed by atoms with Crippen LogP contribution in [0.2, 0.25) is 0 Å². The second kappa shape index (κ2) is 4.28. The Balaban J connectivity index is 2.04. The maximum Gasteiger partial charge on any atom is 0.147 e. The molecule has 1 heterocycles. The average Bonchev–Trinajstić information content (AvgIpc) is 2.38. The number of hydrogen-bond acceptors (Lipinski definition) is 4. The van der Waals surface area contributed by atoms with Gasteiger partial charge in [0.05, 0.1) is 5.56 Å². The fourth-order valence-corrected chi connectivity index (χ4v) is 2.14. The standard InChI is InChI=1S/C14H12FN3O/c15-10-5-2-6-11-12(10)13(16)18-14(17-11)8-3-1-4-9(19)7-8/h1-7,14,17,19H,(H2,16,18). The number of hydrogen-bond donors (Lipinski definition) is 3. The lowest BCUT2D eigenvalue weighted by Crippen LogP contribution is -2.26. The van der Waals surface area contributed by atoms with Gasteiger partial charge in [-0.1, -0.05) is 18.2 Å². The largest absolute Gasteiger partial charge is 0.508 e. The molecule has 0 saturated heterocycles. The highest BCUT2D eigenvalue weighted by atomic mass is 19.1. The minimum atomic E-state index is -0.429. The monoisotopic (exact) mass is 257 g/mol. The van der Waals surface area contributed by atoms with E-state index in [1.165, 1.54) is 6.07 Å². The molecule has 0 spiro atoms. The molecule has 0 bridgehead atoms. The highest BCUT2D eigenvalue weighted by Gasteiger charge is 2.22. The van der Waals surface area contributed by atoms with Crippen LogP contribution in [-0.4, -0.2) is 10.9 Å². The van der Waals surface area contributed by atoms with E-state index in [0.29, 0.717) is 11.3 Å². The number of nitrogens with two attached hydrogens (primary N) is 1. The molecule has 3 rings (SSSR count). The summed E-state index contributed by atoms with van der Waals surface area (Å²) in [7, 11) is 0. The number of halogens is 1. The Morgan fingerprint density at radius 2 is 2.00 bits per heavy atom. The third-order valence-corrected chi connectivity index (χ3v) is 3.02. The highest BCUT2D eigenvalue weighted by molar-refractivity contribution is 6.04. The van der Waals surface area contributed by atoms with E-state index in [1.807, 2.05) is 6.07 Å². The zero-order chi connectivity index (χ0) is 13.4. The van der Waals surface area contributed by atoms with E-state index in [0.717, 1.165) is 5.56 Å². The molecule has 0 aliphatic carbocycles. The summed E-state index contributed by atoms with van der Waals surface area (Å²) in [5.74, 6) is -0.0982. The number of nitrogens with zero attached hydrogens (tertiary/aromatic N) is 1. The molecule has 19 heavy (non-hydrogen) atoms. The lowest BCUT2D eigenvalue weighted by Gasteiger charge is -2.24. The molecule has 1 aliphatic heterocycles. The summed E-state index contributed by atoms with van der Waals surface area (Å²) in [5, 5.41) is 12.6. The van der Waals surface area contributed by atoms with Gasteiger partial charge in [-0.2, -0.15) is 0 Å². The topological polar surface area (TPSA) is 70.6 Å². The van der Waals surface area contributed by atoms with Gasteiger partial charge >= 0.3 is 0 Å². The molecular formula is C14H12FN3O. The first-order valence-electron chi connectivity index (χ1n) is 5.83. The second-order valence-corrected chi connectivity index (χ2v) is 4.32. The van der Waals surface area contributed by atoms with Gasteiger partial charge in [0.25, 0.3) is 0 Å². The molecule has 1 aliphatic rings. The molecule has 4 N–H and O–H groups in total.